The Kier molecular flexibility index (Phi) is 5.29. The number of pyridine rings is 2. The molecule has 0 bridgehead atoms. The first kappa shape index (κ1) is 19.5. The molecule has 1 aromatic carbocycles. The van der Waals surface area contributed by atoms with Crippen LogP contribution in [0.2, 0.25) is 0 Å². The van der Waals surface area contributed by atoms with Gasteiger partial charge in [-0.05, 0) is 49.2 Å². The summed E-state index contributed by atoms with van der Waals surface area (Å²) in [6.07, 6.45) is 6.94. The zero-order valence-corrected chi connectivity index (χ0v) is 16.6. The van der Waals surface area contributed by atoms with E-state index in [-0.39, 0.29) is 10.5 Å². The van der Waals surface area contributed by atoms with E-state index in [1.807, 2.05) is 0 Å². The predicted molar refractivity (Wildman–Crippen MR) is 109 cm³/mol. The standard InChI is InChI=1S/C21H21N3O4S/c25-21(26)18-14-20(15-7-9-22-10-8-15)23-19-6-5-16(13-17(18)19)29(27,28)24-11-3-1-2-4-12-24/h5-10,13-14H,1-4,11-12H2,(H,25,26). The van der Waals surface area contributed by atoms with Crippen molar-refractivity contribution in [3.63, 3.8) is 0 Å². The van der Waals surface area contributed by atoms with Gasteiger partial charge in [-0.25, -0.2) is 18.2 Å². The van der Waals surface area contributed by atoms with Gasteiger partial charge in [-0.15, -0.1) is 0 Å². The van der Waals surface area contributed by atoms with Crippen molar-refractivity contribution in [2.24, 2.45) is 0 Å². The minimum Gasteiger partial charge on any atom is -0.478 e. The molecule has 0 amide bonds. The highest BCUT2D eigenvalue weighted by atomic mass is 32.2. The van der Waals surface area contributed by atoms with E-state index in [1.165, 1.54) is 22.5 Å². The highest BCUT2D eigenvalue weighted by Gasteiger charge is 2.26. The van der Waals surface area contributed by atoms with Gasteiger partial charge in [0.25, 0.3) is 0 Å². The second kappa shape index (κ2) is 7.88. The summed E-state index contributed by atoms with van der Waals surface area (Å²) in [5.41, 5.74) is 1.70. The second-order valence-electron chi connectivity index (χ2n) is 7.09. The molecule has 7 nitrogen and oxygen atoms in total. The van der Waals surface area contributed by atoms with Crippen LogP contribution in [0.1, 0.15) is 36.0 Å². The molecule has 1 N–H and O–H groups in total. The van der Waals surface area contributed by atoms with Crippen LogP contribution in [0.4, 0.5) is 0 Å². The number of sulfonamides is 1. The number of aromatic carboxylic acids is 1. The van der Waals surface area contributed by atoms with Gasteiger partial charge in [-0.2, -0.15) is 4.31 Å². The first-order valence-corrected chi connectivity index (χ1v) is 11.0. The summed E-state index contributed by atoms with van der Waals surface area (Å²) in [7, 11) is -3.68. The van der Waals surface area contributed by atoms with Gasteiger partial charge in [0.15, 0.2) is 0 Å². The first-order valence-electron chi connectivity index (χ1n) is 9.55. The molecule has 8 heteroatoms. The number of aromatic nitrogens is 2. The highest BCUT2D eigenvalue weighted by Crippen LogP contribution is 2.28. The fraction of sp³-hybridized carbons (Fsp3) is 0.286. The van der Waals surface area contributed by atoms with Crippen LogP contribution in [0.25, 0.3) is 22.2 Å². The third-order valence-corrected chi connectivity index (χ3v) is 7.08. The largest absolute Gasteiger partial charge is 0.478 e. The van der Waals surface area contributed by atoms with Crippen molar-refractivity contribution in [1.29, 1.82) is 0 Å². The van der Waals surface area contributed by atoms with Crippen molar-refractivity contribution < 1.29 is 18.3 Å². The molecular formula is C21H21N3O4S. The molecule has 4 rings (SSSR count). The predicted octanol–water partition coefficient (Wildman–Crippen LogP) is 3.56. The number of carboxylic acids is 1. The molecule has 0 aliphatic carbocycles. The molecule has 0 unspecified atom stereocenters. The van der Waals surface area contributed by atoms with E-state index in [1.54, 1.807) is 30.6 Å². The molecule has 0 radical (unpaired) electrons. The molecule has 3 aromatic rings. The van der Waals surface area contributed by atoms with Gasteiger partial charge in [0.1, 0.15) is 0 Å². The van der Waals surface area contributed by atoms with E-state index < -0.39 is 16.0 Å². The molecule has 2 aromatic heterocycles. The lowest BCUT2D eigenvalue weighted by molar-refractivity contribution is 0.0699. The van der Waals surface area contributed by atoms with E-state index >= 15 is 0 Å². The lowest BCUT2D eigenvalue weighted by Gasteiger charge is -2.20. The summed E-state index contributed by atoms with van der Waals surface area (Å²) in [6.45, 7) is 0.983. The van der Waals surface area contributed by atoms with Crippen LogP contribution >= 0.6 is 0 Å². The summed E-state index contributed by atoms with van der Waals surface area (Å²) in [4.78, 5) is 20.5. The van der Waals surface area contributed by atoms with Crippen molar-refractivity contribution >= 4 is 26.9 Å². The molecule has 1 aliphatic rings. The van der Waals surface area contributed by atoms with Gasteiger partial charge in [0.2, 0.25) is 10.0 Å². The SMILES string of the molecule is O=C(O)c1cc(-c2ccncc2)nc2ccc(S(=O)(=O)N3CCCCCC3)cc12. The van der Waals surface area contributed by atoms with Crippen LogP contribution in [0.5, 0.6) is 0 Å². The second-order valence-corrected chi connectivity index (χ2v) is 9.03. The molecule has 150 valence electrons. The third-order valence-electron chi connectivity index (χ3n) is 5.19. The molecular weight excluding hydrogens is 390 g/mol. The van der Waals surface area contributed by atoms with Crippen molar-refractivity contribution in [1.82, 2.24) is 14.3 Å². The van der Waals surface area contributed by atoms with Crippen LogP contribution in [0, 0.1) is 0 Å². The maximum atomic E-state index is 13.1. The van der Waals surface area contributed by atoms with E-state index in [0.717, 1.165) is 31.2 Å². The lowest BCUT2D eigenvalue weighted by atomic mass is 10.0. The summed E-state index contributed by atoms with van der Waals surface area (Å²) in [6, 6.07) is 9.50. The van der Waals surface area contributed by atoms with Gasteiger partial charge < -0.3 is 5.11 Å². The summed E-state index contributed by atoms with van der Waals surface area (Å²) >= 11 is 0. The number of nitrogens with zero attached hydrogens (tertiary/aromatic N) is 3. The molecule has 1 saturated heterocycles. The summed E-state index contributed by atoms with van der Waals surface area (Å²) in [5, 5.41) is 10.0. The molecule has 0 spiro atoms. The van der Waals surface area contributed by atoms with Crippen LogP contribution in [-0.2, 0) is 10.0 Å². The van der Waals surface area contributed by atoms with Crippen LogP contribution in [0.15, 0.2) is 53.7 Å². The van der Waals surface area contributed by atoms with Gasteiger partial charge >= 0.3 is 5.97 Å². The van der Waals surface area contributed by atoms with E-state index in [9.17, 15) is 18.3 Å². The summed E-state index contributed by atoms with van der Waals surface area (Å²) < 4.78 is 27.7. The maximum absolute atomic E-state index is 13.1. The molecule has 1 aliphatic heterocycles. The number of fused-ring (bicyclic) bond motifs is 1. The van der Waals surface area contributed by atoms with Crippen molar-refractivity contribution in [2.75, 3.05) is 13.1 Å². The Bertz CT molecular complexity index is 1160. The maximum Gasteiger partial charge on any atom is 0.336 e. The fourth-order valence-corrected chi connectivity index (χ4v) is 5.19. The Morgan fingerprint density at radius 1 is 0.966 bits per heavy atom. The van der Waals surface area contributed by atoms with E-state index in [4.69, 9.17) is 0 Å². The zero-order valence-electron chi connectivity index (χ0n) is 15.8. The number of hydrogen-bond acceptors (Lipinski definition) is 5. The number of rotatable bonds is 4. The minimum absolute atomic E-state index is 0.0229. The number of carboxylic acid groups (broad SMARTS) is 1. The van der Waals surface area contributed by atoms with Gasteiger partial charge in [0, 0.05) is 36.4 Å². The fourth-order valence-electron chi connectivity index (χ4n) is 3.64. The smallest absolute Gasteiger partial charge is 0.336 e. The first-order chi connectivity index (χ1) is 14.0. The van der Waals surface area contributed by atoms with Gasteiger partial charge in [-0.3, -0.25) is 4.98 Å². The molecule has 29 heavy (non-hydrogen) atoms. The third kappa shape index (κ3) is 3.86. The van der Waals surface area contributed by atoms with E-state index in [0.29, 0.717) is 29.7 Å². The highest BCUT2D eigenvalue weighted by molar-refractivity contribution is 7.89. The molecule has 0 atom stereocenters. The Labute approximate surface area is 169 Å². The lowest BCUT2D eigenvalue weighted by Crippen LogP contribution is -2.31. The van der Waals surface area contributed by atoms with Gasteiger partial charge in [-0.1, -0.05) is 12.8 Å². The Morgan fingerprint density at radius 3 is 2.31 bits per heavy atom. The summed E-state index contributed by atoms with van der Waals surface area (Å²) in [5.74, 6) is -1.13. The average Bonchev–Trinajstić information content (AvgIpc) is 3.03. The topological polar surface area (TPSA) is 100 Å². The van der Waals surface area contributed by atoms with Crippen molar-refractivity contribution in [3.05, 3.63) is 54.4 Å². The Morgan fingerprint density at radius 2 is 1.66 bits per heavy atom. The molecule has 0 saturated carbocycles. The quantitative estimate of drug-likeness (QED) is 0.704. The molecule has 1 fully saturated rings. The monoisotopic (exact) mass is 411 g/mol. The average molecular weight is 411 g/mol. The van der Waals surface area contributed by atoms with Gasteiger partial charge in [0.05, 0.1) is 21.7 Å². The molecule has 3 heterocycles. The van der Waals surface area contributed by atoms with Crippen LogP contribution < -0.4 is 0 Å². The normalized spacial score (nSPS) is 15.9. The van der Waals surface area contributed by atoms with Crippen molar-refractivity contribution in [2.45, 2.75) is 30.6 Å². The van der Waals surface area contributed by atoms with Crippen LogP contribution in [0.3, 0.4) is 0 Å². The van der Waals surface area contributed by atoms with E-state index in [2.05, 4.69) is 9.97 Å². The van der Waals surface area contributed by atoms with Crippen molar-refractivity contribution in [3.8, 4) is 11.3 Å². The zero-order chi connectivity index (χ0) is 20.4. The number of carbonyl (C=O) groups is 1. The van der Waals surface area contributed by atoms with Crippen LogP contribution in [-0.4, -0.2) is 46.9 Å². The minimum atomic E-state index is -3.68. The number of hydrogen-bond donors (Lipinski definition) is 1. The Hall–Kier alpha value is -2.84. The number of benzene rings is 1. The Balaban J connectivity index is 1.83.